The van der Waals surface area contributed by atoms with Crippen LogP contribution in [0.3, 0.4) is 0 Å². The van der Waals surface area contributed by atoms with Crippen LogP contribution < -0.4 is 4.90 Å². The molecule has 0 radical (unpaired) electrons. The molecular weight excluding hydrogens is 240 g/mol. The smallest absolute Gasteiger partial charge is 0.225 e. The van der Waals surface area contributed by atoms with Crippen molar-refractivity contribution in [3.8, 4) is 0 Å². The Balaban J connectivity index is 1.55. The summed E-state index contributed by atoms with van der Waals surface area (Å²) in [5.74, 6) is 1.61. The number of piperidine rings is 1. The molecule has 102 valence electrons. The molecule has 2 aliphatic rings. The van der Waals surface area contributed by atoms with E-state index in [4.69, 9.17) is 0 Å². The largest absolute Gasteiger partial charge is 0.355 e. The predicted molar refractivity (Wildman–Crippen MR) is 72.8 cm³/mol. The average molecular weight is 260 g/mol. The number of carbonyl (C=O) groups is 1. The summed E-state index contributed by atoms with van der Waals surface area (Å²) >= 11 is 0. The maximum absolute atomic E-state index is 12.0. The summed E-state index contributed by atoms with van der Waals surface area (Å²) < 4.78 is 0. The molecule has 2 fully saturated rings. The van der Waals surface area contributed by atoms with Crippen molar-refractivity contribution in [3.63, 3.8) is 0 Å². The molecule has 0 atom stereocenters. The molecule has 1 saturated heterocycles. The fraction of sp³-hybridized carbons (Fsp3) is 0.643. The molecule has 3 rings (SSSR count). The highest BCUT2D eigenvalue weighted by Crippen LogP contribution is 2.32. The van der Waals surface area contributed by atoms with Gasteiger partial charge in [-0.25, -0.2) is 4.98 Å². The molecule has 1 amide bonds. The molecule has 5 heteroatoms. The lowest BCUT2D eigenvalue weighted by atomic mass is 10.0. The van der Waals surface area contributed by atoms with Crippen molar-refractivity contribution in [2.75, 3.05) is 25.0 Å². The second-order valence-electron chi connectivity index (χ2n) is 5.51. The molecule has 2 heterocycles. The van der Waals surface area contributed by atoms with Crippen LogP contribution in [-0.2, 0) is 4.79 Å². The van der Waals surface area contributed by atoms with Crippen molar-refractivity contribution in [2.45, 2.75) is 31.7 Å². The lowest BCUT2D eigenvalue weighted by Gasteiger charge is -2.37. The van der Waals surface area contributed by atoms with E-state index in [1.807, 2.05) is 11.9 Å². The molecule has 1 aliphatic heterocycles. The van der Waals surface area contributed by atoms with Gasteiger partial charge in [-0.15, -0.1) is 0 Å². The zero-order valence-electron chi connectivity index (χ0n) is 11.3. The Bertz CT molecular complexity index is 438. The summed E-state index contributed by atoms with van der Waals surface area (Å²) in [6.45, 7) is 1.90. The highest BCUT2D eigenvalue weighted by atomic mass is 16.2. The topological polar surface area (TPSA) is 49.3 Å². The van der Waals surface area contributed by atoms with E-state index in [1.165, 1.54) is 0 Å². The van der Waals surface area contributed by atoms with Gasteiger partial charge in [-0.3, -0.25) is 9.78 Å². The van der Waals surface area contributed by atoms with E-state index in [2.05, 4.69) is 14.9 Å². The highest BCUT2D eigenvalue weighted by molar-refractivity contribution is 5.81. The maximum atomic E-state index is 12.0. The number of anilines is 1. The number of rotatable bonds is 3. The number of aromatic nitrogens is 2. The Morgan fingerprint density at radius 1 is 1.26 bits per heavy atom. The van der Waals surface area contributed by atoms with Gasteiger partial charge in [0.05, 0.1) is 6.20 Å². The third-order valence-corrected chi connectivity index (χ3v) is 4.16. The molecule has 0 N–H and O–H groups in total. The summed E-state index contributed by atoms with van der Waals surface area (Å²) in [7, 11) is 1.96. The van der Waals surface area contributed by atoms with Crippen LogP contribution in [0.5, 0.6) is 0 Å². The van der Waals surface area contributed by atoms with Crippen molar-refractivity contribution in [3.05, 3.63) is 18.6 Å². The minimum atomic E-state index is 0.322. The molecule has 19 heavy (non-hydrogen) atoms. The Kier molecular flexibility index (Phi) is 3.36. The van der Waals surface area contributed by atoms with Gasteiger partial charge in [-0.1, -0.05) is 0 Å². The second-order valence-corrected chi connectivity index (χ2v) is 5.51. The quantitative estimate of drug-likeness (QED) is 0.822. The monoisotopic (exact) mass is 260 g/mol. The molecule has 1 aromatic heterocycles. The van der Waals surface area contributed by atoms with E-state index in [9.17, 15) is 4.79 Å². The summed E-state index contributed by atoms with van der Waals surface area (Å²) in [4.78, 5) is 24.7. The first-order valence-corrected chi connectivity index (χ1v) is 7.03. The first kappa shape index (κ1) is 12.4. The van der Waals surface area contributed by atoms with Gasteiger partial charge in [0.15, 0.2) is 0 Å². The SMILES string of the molecule is CN(C(=O)C1CC1)C1CCN(c2cnccn2)CC1. The first-order chi connectivity index (χ1) is 9.25. The van der Waals surface area contributed by atoms with Crippen LogP contribution in [0.2, 0.25) is 0 Å². The van der Waals surface area contributed by atoms with Crippen molar-refractivity contribution in [1.29, 1.82) is 0 Å². The minimum Gasteiger partial charge on any atom is -0.355 e. The highest BCUT2D eigenvalue weighted by Gasteiger charge is 2.35. The minimum absolute atomic E-state index is 0.322. The van der Waals surface area contributed by atoms with Crippen molar-refractivity contribution in [2.24, 2.45) is 5.92 Å². The normalized spacial score (nSPS) is 20.4. The third-order valence-electron chi connectivity index (χ3n) is 4.16. The zero-order chi connectivity index (χ0) is 13.2. The standard InChI is InChI=1S/C14H20N4O/c1-17(14(19)11-2-3-11)12-4-8-18(9-5-12)13-10-15-6-7-16-13/h6-7,10-12H,2-5,8-9H2,1H3. The molecule has 5 nitrogen and oxygen atoms in total. The van der Waals surface area contributed by atoms with Gasteiger partial charge in [-0.2, -0.15) is 0 Å². The zero-order valence-corrected chi connectivity index (χ0v) is 11.3. The molecule has 0 unspecified atom stereocenters. The van der Waals surface area contributed by atoms with Crippen molar-refractivity contribution >= 4 is 11.7 Å². The molecular formula is C14H20N4O. The van der Waals surface area contributed by atoms with Crippen molar-refractivity contribution < 1.29 is 4.79 Å². The number of amides is 1. The number of hydrogen-bond donors (Lipinski definition) is 0. The van der Waals surface area contributed by atoms with Crippen molar-refractivity contribution in [1.82, 2.24) is 14.9 Å². The Morgan fingerprint density at radius 2 is 2.00 bits per heavy atom. The lowest BCUT2D eigenvalue weighted by Crippen LogP contribution is -2.46. The molecule has 0 spiro atoms. The van der Waals surface area contributed by atoms with Gasteiger partial charge >= 0.3 is 0 Å². The molecule has 0 aromatic carbocycles. The molecule has 1 aromatic rings. The fourth-order valence-electron chi connectivity index (χ4n) is 2.73. The fourth-order valence-corrected chi connectivity index (χ4v) is 2.73. The molecule has 1 aliphatic carbocycles. The van der Waals surface area contributed by atoms with Gasteiger partial charge in [0, 0.05) is 44.5 Å². The summed E-state index contributed by atoms with van der Waals surface area (Å²) in [6, 6.07) is 0.390. The maximum Gasteiger partial charge on any atom is 0.225 e. The summed E-state index contributed by atoms with van der Waals surface area (Å²) in [5, 5.41) is 0. The van der Waals surface area contributed by atoms with Crippen LogP contribution in [0, 0.1) is 5.92 Å². The van der Waals surface area contributed by atoms with E-state index in [-0.39, 0.29) is 0 Å². The van der Waals surface area contributed by atoms with E-state index in [0.29, 0.717) is 17.9 Å². The Morgan fingerprint density at radius 3 is 2.58 bits per heavy atom. The van der Waals surface area contributed by atoms with Gasteiger partial charge in [0.2, 0.25) is 5.91 Å². The van der Waals surface area contributed by atoms with Crippen LogP contribution >= 0.6 is 0 Å². The second kappa shape index (κ2) is 5.15. The van der Waals surface area contributed by atoms with E-state index in [1.54, 1.807) is 18.6 Å². The van der Waals surface area contributed by atoms with E-state index < -0.39 is 0 Å². The molecule has 1 saturated carbocycles. The predicted octanol–water partition coefficient (Wildman–Crippen LogP) is 1.31. The number of nitrogens with zero attached hydrogens (tertiary/aromatic N) is 4. The van der Waals surface area contributed by atoms with Gasteiger partial charge in [0.25, 0.3) is 0 Å². The average Bonchev–Trinajstić information content (AvgIpc) is 3.31. The van der Waals surface area contributed by atoms with Crippen LogP contribution in [-0.4, -0.2) is 47.0 Å². The van der Waals surface area contributed by atoms with E-state index >= 15 is 0 Å². The van der Waals surface area contributed by atoms with Gasteiger partial charge in [-0.05, 0) is 25.7 Å². The third kappa shape index (κ3) is 2.69. The van der Waals surface area contributed by atoms with Crippen LogP contribution in [0.25, 0.3) is 0 Å². The van der Waals surface area contributed by atoms with Crippen LogP contribution in [0.4, 0.5) is 5.82 Å². The summed E-state index contributed by atoms with van der Waals surface area (Å²) in [6.07, 6.45) is 9.43. The Labute approximate surface area is 113 Å². The molecule has 0 bridgehead atoms. The van der Waals surface area contributed by atoms with Crippen LogP contribution in [0.1, 0.15) is 25.7 Å². The van der Waals surface area contributed by atoms with Gasteiger partial charge < -0.3 is 9.80 Å². The lowest BCUT2D eigenvalue weighted by molar-refractivity contribution is -0.133. The van der Waals surface area contributed by atoms with Crippen LogP contribution in [0.15, 0.2) is 18.6 Å². The van der Waals surface area contributed by atoms with Gasteiger partial charge in [0.1, 0.15) is 5.82 Å². The summed E-state index contributed by atoms with van der Waals surface area (Å²) in [5.41, 5.74) is 0. The number of carbonyl (C=O) groups excluding carboxylic acids is 1. The van der Waals surface area contributed by atoms with E-state index in [0.717, 1.165) is 44.6 Å². The number of hydrogen-bond acceptors (Lipinski definition) is 4. The Hall–Kier alpha value is -1.65. The first-order valence-electron chi connectivity index (χ1n) is 7.03.